The lowest BCUT2D eigenvalue weighted by atomic mass is 10.0. The number of nitrogens with one attached hydrogen (secondary N) is 1. The van der Waals surface area contributed by atoms with E-state index in [4.69, 9.17) is 5.73 Å². The van der Waals surface area contributed by atoms with Crippen LogP contribution in [0.15, 0.2) is 48.5 Å². The molecule has 1 aromatic heterocycles. The Morgan fingerprint density at radius 1 is 1.11 bits per heavy atom. The first kappa shape index (κ1) is 11.3. The Kier molecular flexibility index (Phi) is 2.49. The first-order valence-electron chi connectivity index (χ1n) is 5.87. The Morgan fingerprint density at radius 3 is 2.53 bits per heavy atom. The van der Waals surface area contributed by atoms with Crippen molar-refractivity contribution in [3.05, 3.63) is 54.2 Å². The van der Waals surface area contributed by atoms with Crippen LogP contribution in [0.1, 0.15) is 10.5 Å². The zero-order chi connectivity index (χ0) is 13.4. The highest BCUT2D eigenvalue weighted by Gasteiger charge is 2.18. The number of benzene rings is 2. The molecule has 0 atom stereocenters. The fraction of sp³-hybridized carbons (Fsp3) is 0. The van der Waals surface area contributed by atoms with Gasteiger partial charge in [-0.1, -0.05) is 30.3 Å². The van der Waals surface area contributed by atoms with Gasteiger partial charge in [-0.15, -0.1) is 0 Å². The molecule has 0 bridgehead atoms. The van der Waals surface area contributed by atoms with E-state index < -0.39 is 5.97 Å². The Bertz CT molecular complexity index is 760. The van der Waals surface area contributed by atoms with Crippen LogP contribution in [-0.2, 0) is 0 Å². The van der Waals surface area contributed by atoms with Gasteiger partial charge in [-0.05, 0) is 23.8 Å². The number of nitrogen functional groups attached to an aromatic ring is 1. The minimum Gasteiger partial charge on any atom is -0.477 e. The van der Waals surface area contributed by atoms with Gasteiger partial charge in [-0.25, -0.2) is 4.79 Å². The average molecular weight is 252 g/mol. The standard InChI is InChI=1S/C15H12N2O2/c16-10-6-7-12-11(8-10)13(14(17-12)15(18)19)9-4-2-1-3-5-9/h1-8,17H,16H2,(H,18,19). The van der Waals surface area contributed by atoms with Crippen LogP contribution < -0.4 is 5.73 Å². The number of aromatic carboxylic acids is 1. The zero-order valence-electron chi connectivity index (χ0n) is 10.1. The number of fused-ring (bicyclic) bond motifs is 1. The maximum Gasteiger partial charge on any atom is 0.352 e. The van der Waals surface area contributed by atoms with Crippen LogP contribution in [0.3, 0.4) is 0 Å². The Labute approximate surface area is 109 Å². The van der Waals surface area contributed by atoms with E-state index in [2.05, 4.69) is 4.98 Å². The average Bonchev–Trinajstić information content (AvgIpc) is 2.78. The summed E-state index contributed by atoms with van der Waals surface area (Å²) in [6.07, 6.45) is 0. The second kappa shape index (κ2) is 4.17. The summed E-state index contributed by atoms with van der Waals surface area (Å²) in [5.41, 5.74) is 8.90. The number of carboxylic acid groups (broad SMARTS) is 1. The molecule has 19 heavy (non-hydrogen) atoms. The molecule has 0 spiro atoms. The molecule has 0 unspecified atom stereocenters. The number of carboxylic acids is 1. The number of hydrogen-bond acceptors (Lipinski definition) is 2. The highest BCUT2D eigenvalue weighted by Crippen LogP contribution is 2.33. The van der Waals surface area contributed by atoms with Crippen molar-refractivity contribution >= 4 is 22.6 Å². The van der Waals surface area contributed by atoms with Crippen LogP contribution in [0.2, 0.25) is 0 Å². The molecule has 4 heteroatoms. The highest BCUT2D eigenvalue weighted by molar-refractivity contribution is 6.08. The third kappa shape index (κ3) is 1.83. The van der Waals surface area contributed by atoms with E-state index in [1.165, 1.54) is 0 Å². The molecule has 0 amide bonds. The van der Waals surface area contributed by atoms with Crippen molar-refractivity contribution in [3.63, 3.8) is 0 Å². The second-order valence-electron chi connectivity index (χ2n) is 4.35. The van der Waals surface area contributed by atoms with Gasteiger partial charge in [-0.2, -0.15) is 0 Å². The lowest BCUT2D eigenvalue weighted by molar-refractivity contribution is 0.0692. The van der Waals surface area contributed by atoms with Gasteiger partial charge >= 0.3 is 5.97 Å². The number of carbonyl (C=O) groups is 1. The molecule has 0 fully saturated rings. The molecule has 1 heterocycles. The van der Waals surface area contributed by atoms with Gasteiger partial charge in [0.1, 0.15) is 5.69 Å². The van der Waals surface area contributed by atoms with Crippen molar-refractivity contribution in [3.8, 4) is 11.1 Å². The predicted molar refractivity (Wildman–Crippen MR) is 75.1 cm³/mol. The van der Waals surface area contributed by atoms with E-state index in [0.717, 1.165) is 16.5 Å². The molecule has 0 saturated heterocycles. The van der Waals surface area contributed by atoms with E-state index in [1.54, 1.807) is 18.2 Å². The fourth-order valence-electron chi connectivity index (χ4n) is 2.27. The SMILES string of the molecule is Nc1ccc2[nH]c(C(=O)O)c(-c3ccccc3)c2c1. The van der Waals surface area contributed by atoms with Crippen LogP contribution in [-0.4, -0.2) is 16.1 Å². The quantitative estimate of drug-likeness (QED) is 0.613. The number of H-pyrrole nitrogens is 1. The number of rotatable bonds is 2. The second-order valence-corrected chi connectivity index (χ2v) is 4.35. The molecule has 3 rings (SSSR count). The first-order valence-corrected chi connectivity index (χ1v) is 5.87. The molecular formula is C15H12N2O2. The van der Waals surface area contributed by atoms with E-state index in [1.807, 2.05) is 30.3 Å². The summed E-state index contributed by atoms with van der Waals surface area (Å²) in [5, 5.41) is 10.2. The third-order valence-corrected chi connectivity index (χ3v) is 3.10. The normalized spacial score (nSPS) is 10.7. The summed E-state index contributed by atoms with van der Waals surface area (Å²) in [6.45, 7) is 0. The number of anilines is 1. The molecule has 2 aromatic carbocycles. The third-order valence-electron chi connectivity index (χ3n) is 3.10. The van der Waals surface area contributed by atoms with Crippen LogP contribution in [0, 0.1) is 0 Å². The lowest BCUT2D eigenvalue weighted by Crippen LogP contribution is -1.98. The maximum atomic E-state index is 11.4. The minimum atomic E-state index is -0.978. The van der Waals surface area contributed by atoms with Gasteiger partial charge in [-0.3, -0.25) is 0 Å². The van der Waals surface area contributed by atoms with Crippen LogP contribution in [0.4, 0.5) is 5.69 Å². The van der Waals surface area contributed by atoms with Crippen LogP contribution >= 0.6 is 0 Å². The molecule has 3 aromatic rings. The molecule has 94 valence electrons. The molecule has 4 nitrogen and oxygen atoms in total. The van der Waals surface area contributed by atoms with Gasteiger partial charge in [0.15, 0.2) is 0 Å². The smallest absolute Gasteiger partial charge is 0.352 e. The van der Waals surface area contributed by atoms with Crippen molar-refractivity contribution in [2.75, 3.05) is 5.73 Å². The highest BCUT2D eigenvalue weighted by atomic mass is 16.4. The molecule has 0 saturated carbocycles. The van der Waals surface area contributed by atoms with Crippen molar-refractivity contribution < 1.29 is 9.90 Å². The topological polar surface area (TPSA) is 79.1 Å². The first-order chi connectivity index (χ1) is 9.16. The van der Waals surface area contributed by atoms with Gasteiger partial charge < -0.3 is 15.8 Å². The number of nitrogens with two attached hydrogens (primary N) is 1. The molecule has 0 radical (unpaired) electrons. The summed E-state index contributed by atoms with van der Waals surface area (Å²) in [5.74, 6) is -0.978. The zero-order valence-corrected chi connectivity index (χ0v) is 10.1. The monoisotopic (exact) mass is 252 g/mol. The van der Waals surface area contributed by atoms with Crippen LogP contribution in [0.25, 0.3) is 22.0 Å². The Balaban J connectivity index is 2.40. The molecule has 0 aliphatic rings. The van der Waals surface area contributed by atoms with Gasteiger partial charge in [0.25, 0.3) is 0 Å². The molecular weight excluding hydrogens is 240 g/mol. The van der Waals surface area contributed by atoms with Gasteiger partial charge in [0.2, 0.25) is 0 Å². The molecule has 4 N–H and O–H groups in total. The van der Waals surface area contributed by atoms with Crippen molar-refractivity contribution in [2.24, 2.45) is 0 Å². The lowest BCUT2D eigenvalue weighted by Gasteiger charge is -2.02. The number of hydrogen-bond donors (Lipinski definition) is 3. The fourth-order valence-corrected chi connectivity index (χ4v) is 2.27. The number of aromatic nitrogens is 1. The minimum absolute atomic E-state index is 0.187. The van der Waals surface area contributed by atoms with E-state index in [9.17, 15) is 9.90 Å². The number of aromatic amines is 1. The Morgan fingerprint density at radius 2 is 1.84 bits per heavy atom. The summed E-state index contributed by atoms with van der Waals surface area (Å²) in [7, 11) is 0. The van der Waals surface area contributed by atoms with Crippen molar-refractivity contribution in [2.45, 2.75) is 0 Å². The molecule has 0 aliphatic carbocycles. The summed E-state index contributed by atoms with van der Waals surface area (Å²) in [4.78, 5) is 14.3. The predicted octanol–water partition coefficient (Wildman–Crippen LogP) is 3.12. The van der Waals surface area contributed by atoms with E-state index in [0.29, 0.717) is 11.3 Å². The summed E-state index contributed by atoms with van der Waals surface area (Å²) < 4.78 is 0. The van der Waals surface area contributed by atoms with E-state index in [-0.39, 0.29) is 5.69 Å². The van der Waals surface area contributed by atoms with Gasteiger partial charge in [0, 0.05) is 22.2 Å². The maximum absolute atomic E-state index is 11.4. The van der Waals surface area contributed by atoms with Crippen molar-refractivity contribution in [1.82, 2.24) is 4.98 Å². The Hall–Kier alpha value is -2.75. The van der Waals surface area contributed by atoms with Gasteiger partial charge in [0.05, 0.1) is 0 Å². The largest absolute Gasteiger partial charge is 0.477 e. The van der Waals surface area contributed by atoms with Crippen molar-refractivity contribution in [1.29, 1.82) is 0 Å². The summed E-state index contributed by atoms with van der Waals surface area (Å²) in [6, 6.07) is 14.8. The summed E-state index contributed by atoms with van der Waals surface area (Å²) >= 11 is 0. The van der Waals surface area contributed by atoms with Crippen LogP contribution in [0.5, 0.6) is 0 Å². The van der Waals surface area contributed by atoms with E-state index >= 15 is 0 Å². The molecule has 0 aliphatic heterocycles.